The number of aromatic carboxylic acids is 1. The number of halogens is 3. The lowest BCUT2D eigenvalue weighted by Gasteiger charge is -2.06. The van der Waals surface area contributed by atoms with Crippen LogP contribution >= 0.6 is 0 Å². The standard InChI is InChI=1S/C12H12F3N3O2/c1-2-18-7-16-3-8(18)4-17-5-9(11(19)20)10(6-17)12(13,14)15/h3,5-7H,2,4H2,1H3,(H,19,20). The Morgan fingerprint density at radius 2 is 2.10 bits per heavy atom. The summed E-state index contributed by atoms with van der Waals surface area (Å²) < 4.78 is 41.2. The number of hydrogen-bond acceptors (Lipinski definition) is 2. The Morgan fingerprint density at radius 1 is 1.40 bits per heavy atom. The minimum atomic E-state index is -4.69. The van der Waals surface area contributed by atoms with E-state index in [0.717, 1.165) is 12.4 Å². The zero-order chi connectivity index (χ0) is 14.9. The fourth-order valence-electron chi connectivity index (χ4n) is 1.95. The Kier molecular flexibility index (Phi) is 3.56. The summed E-state index contributed by atoms with van der Waals surface area (Å²) in [6, 6.07) is 0. The Labute approximate surface area is 112 Å². The lowest BCUT2D eigenvalue weighted by molar-refractivity contribution is -0.138. The van der Waals surface area contributed by atoms with Crippen LogP contribution in [0.1, 0.15) is 28.5 Å². The van der Waals surface area contributed by atoms with E-state index in [4.69, 9.17) is 5.11 Å². The molecule has 0 saturated carbocycles. The second-order valence-corrected chi connectivity index (χ2v) is 4.23. The summed E-state index contributed by atoms with van der Waals surface area (Å²) in [6.07, 6.45) is 0.206. The van der Waals surface area contributed by atoms with E-state index < -0.39 is 23.3 Å². The molecule has 20 heavy (non-hydrogen) atoms. The third-order valence-corrected chi connectivity index (χ3v) is 2.90. The number of imidazole rings is 1. The van der Waals surface area contributed by atoms with Gasteiger partial charge in [0.15, 0.2) is 0 Å². The molecule has 0 bridgehead atoms. The maximum Gasteiger partial charge on any atom is 0.418 e. The molecule has 0 aliphatic rings. The van der Waals surface area contributed by atoms with Crippen molar-refractivity contribution in [3.63, 3.8) is 0 Å². The van der Waals surface area contributed by atoms with Crippen molar-refractivity contribution in [3.05, 3.63) is 41.7 Å². The van der Waals surface area contributed by atoms with E-state index in [-0.39, 0.29) is 6.54 Å². The first-order valence-corrected chi connectivity index (χ1v) is 5.82. The third-order valence-electron chi connectivity index (χ3n) is 2.90. The van der Waals surface area contributed by atoms with Gasteiger partial charge in [-0.25, -0.2) is 9.78 Å². The summed E-state index contributed by atoms with van der Waals surface area (Å²) in [6.45, 7) is 2.64. The number of nitrogens with zero attached hydrogens (tertiary/aromatic N) is 3. The summed E-state index contributed by atoms with van der Waals surface area (Å²) in [7, 11) is 0. The van der Waals surface area contributed by atoms with Crippen molar-refractivity contribution in [2.75, 3.05) is 0 Å². The molecule has 8 heteroatoms. The van der Waals surface area contributed by atoms with Crippen molar-refractivity contribution >= 4 is 5.97 Å². The molecule has 2 rings (SSSR count). The molecule has 2 aromatic heterocycles. The highest BCUT2D eigenvalue weighted by molar-refractivity contribution is 5.89. The average Bonchev–Trinajstić information content (AvgIpc) is 2.95. The number of aromatic nitrogens is 3. The normalized spacial score (nSPS) is 11.8. The molecule has 0 fully saturated rings. The molecule has 0 amide bonds. The molecule has 0 unspecified atom stereocenters. The number of carboxylic acid groups (broad SMARTS) is 1. The maximum absolute atomic E-state index is 12.8. The van der Waals surface area contributed by atoms with Crippen LogP contribution in [-0.4, -0.2) is 25.2 Å². The van der Waals surface area contributed by atoms with Gasteiger partial charge in [0.1, 0.15) is 0 Å². The highest BCUT2D eigenvalue weighted by Gasteiger charge is 2.37. The van der Waals surface area contributed by atoms with Crippen molar-refractivity contribution in [2.24, 2.45) is 0 Å². The number of rotatable bonds is 4. The summed E-state index contributed by atoms with van der Waals surface area (Å²) in [5, 5.41) is 8.84. The number of carbonyl (C=O) groups is 1. The number of aryl methyl sites for hydroxylation is 1. The van der Waals surface area contributed by atoms with E-state index in [1.165, 1.54) is 10.8 Å². The Bertz CT molecular complexity index is 628. The summed E-state index contributed by atoms with van der Waals surface area (Å²) in [5.74, 6) is -1.60. The molecule has 108 valence electrons. The lowest BCUT2D eigenvalue weighted by Crippen LogP contribution is -2.09. The number of carboxylic acids is 1. The molecule has 5 nitrogen and oxygen atoms in total. The zero-order valence-corrected chi connectivity index (χ0v) is 10.6. The van der Waals surface area contributed by atoms with Gasteiger partial charge < -0.3 is 14.2 Å². The first kappa shape index (κ1) is 14.2. The van der Waals surface area contributed by atoms with Gasteiger partial charge in [-0.1, -0.05) is 0 Å². The van der Waals surface area contributed by atoms with Crippen molar-refractivity contribution in [2.45, 2.75) is 26.2 Å². The molecule has 2 aromatic rings. The lowest BCUT2D eigenvalue weighted by atomic mass is 10.2. The SMILES string of the molecule is CCn1cncc1Cn1cc(C(=O)O)c(C(F)(F)F)c1. The quantitative estimate of drug-likeness (QED) is 0.939. The van der Waals surface area contributed by atoms with E-state index in [1.54, 1.807) is 10.9 Å². The summed E-state index contributed by atoms with van der Waals surface area (Å²) in [4.78, 5) is 14.8. The Morgan fingerprint density at radius 3 is 2.60 bits per heavy atom. The van der Waals surface area contributed by atoms with E-state index in [2.05, 4.69) is 4.98 Å². The van der Waals surface area contributed by atoms with E-state index in [1.807, 2.05) is 6.92 Å². The van der Waals surface area contributed by atoms with Crippen molar-refractivity contribution < 1.29 is 23.1 Å². The molecule has 0 aromatic carbocycles. The number of alkyl halides is 3. The minimum Gasteiger partial charge on any atom is -0.478 e. The smallest absolute Gasteiger partial charge is 0.418 e. The molecule has 0 saturated heterocycles. The fourth-order valence-corrected chi connectivity index (χ4v) is 1.95. The molecular weight excluding hydrogens is 275 g/mol. The van der Waals surface area contributed by atoms with Crippen LogP contribution in [0.15, 0.2) is 24.9 Å². The van der Waals surface area contributed by atoms with Gasteiger partial charge in [-0.3, -0.25) is 0 Å². The van der Waals surface area contributed by atoms with Crippen LogP contribution in [0.25, 0.3) is 0 Å². The zero-order valence-electron chi connectivity index (χ0n) is 10.6. The number of hydrogen-bond donors (Lipinski definition) is 1. The van der Waals surface area contributed by atoms with Gasteiger partial charge >= 0.3 is 12.1 Å². The van der Waals surface area contributed by atoms with E-state index >= 15 is 0 Å². The van der Waals surface area contributed by atoms with Gasteiger partial charge in [0.25, 0.3) is 0 Å². The van der Waals surface area contributed by atoms with Crippen molar-refractivity contribution in [1.82, 2.24) is 14.1 Å². The van der Waals surface area contributed by atoms with Crippen molar-refractivity contribution in [1.29, 1.82) is 0 Å². The molecule has 0 aliphatic heterocycles. The van der Waals surface area contributed by atoms with Crippen molar-refractivity contribution in [3.8, 4) is 0 Å². The molecule has 0 atom stereocenters. The Hall–Kier alpha value is -2.25. The van der Waals surface area contributed by atoms with Gasteiger partial charge in [0.05, 0.1) is 29.7 Å². The third kappa shape index (κ3) is 2.68. The predicted molar refractivity (Wildman–Crippen MR) is 63.4 cm³/mol. The topological polar surface area (TPSA) is 60.0 Å². The largest absolute Gasteiger partial charge is 0.478 e. The van der Waals surface area contributed by atoms with Gasteiger partial charge in [0, 0.05) is 25.1 Å². The van der Waals surface area contributed by atoms with E-state index in [0.29, 0.717) is 12.2 Å². The predicted octanol–water partition coefficient (Wildman–Crippen LogP) is 2.47. The van der Waals surface area contributed by atoms with Crippen LogP contribution in [-0.2, 0) is 19.3 Å². The Balaban J connectivity index is 2.37. The second-order valence-electron chi connectivity index (χ2n) is 4.23. The van der Waals surface area contributed by atoms with Crippen LogP contribution < -0.4 is 0 Å². The summed E-state index contributed by atoms with van der Waals surface area (Å²) in [5.41, 5.74) is -1.19. The van der Waals surface area contributed by atoms with Crippen LogP contribution in [0, 0.1) is 0 Å². The van der Waals surface area contributed by atoms with Crippen LogP contribution in [0.4, 0.5) is 13.2 Å². The van der Waals surface area contributed by atoms with E-state index in [9.17, 15) is 18.0 Å². The monoisotopic (exact) mass is 287 g/mol. The first-order valence-electron chi connectivity index (χ1n) is 5.82. The van der Waals surface area contributed by atoms with Gasteiger partial charge in [-0.05, 0) is 6.92 Å². The highest BCUT2D eigenvalue weighted by Crippen LogP contribution is 2.32. The van der Waals surface area contributed by atoms with Gasteiger partial charge in [0.2, 0.25) is 0 Å². The summed E-state index contributed by atoms with van der Waals surface area (Å²) >= 11 is 0. The maximum atomic E-state index is 12.8. The molecule has 0 spiro atoms. The molecular formula is C12H12F3N3O2. The van der Waals surface area contributed by atoms with Crippen LogP contribution in [0.5, 0.6) is 0 Å². The second kappa shape index (κ2) is 5.03. The van der Waals surface area contributed by atoms with Gasteiger partial charge in [-0.2, -0.15) is 13.2 Å². The highest BCUT2D eigenvalue weighted by atomic mass is 19.4. The van der Waals surface area contributed by atoms with Crippen LogP contribution in [0.3, 0.4) is 0 Å². The molecule has 0 radical (unpaired) electrons. The van der Waals surface area contributed by atoms with Crippen LogP contribution in [0.2, 0.25) is 0 Å². The van der Waals surface area contributed by atoms with Gasteiger partial charge in [-0.15, -0.1) is 0 Å². The first-order chi connectivity index (χ1) is 9.32. The fraction of sp³-hybridized carbons (Fsp3) is 0.333. The average molecular weight is 287 g/mol. The molecule has 1 N–H and O–H groups in total. The molecule has 2 heterocycles. The molecule has 0 aliphatic carbocycles. The minimum absolute atomic E-state index is 0.129.